The fraction of sp³-hybridized carbons (Fsp3) is 0.0625. The third-order valence-electron chi connectivity index (χ3n) is 3.00. The van der Waals surface area contributed by atoms with Crippen LogP contribution in [0.1, 0.15) is 31.1 Å². The maximum Gasteiger partial charge on any atom is 0.337 e. The molecule has 0 aliphatic heterocycles. The van der Waals surface area contributed by atoms with E-state index in [1.165, 1.54) is 49.6 Å². The molecule has 2 aromatic carbocycles. The SMILES string of the molecule is COC(=O)c1ccc(C(=O)NC(=O)c2cc(Cl)ccc2O)cc1. The predicted octanol–water partition coefficient (Wildman–Crippen LogP) is 2.40. The van der Waals surface area contributed by atoms with Crippen LogP contribution in [0.4, 0.5) is 0 Å². The van der Waals surface area contributed by atoms with Gasteiger partial charge in [0.1, 0.15) is 5.75 Å². The van der Waals surface area contributed by atoms with Crippen LogP contribution < -0.4 is 5.32 Å². The monoisotopic (exact) mass is 333 g/mol. The molecule has 2 aromatic rings. The zero-order valence-electron chi connectivity index (χ0n) is 12.0. The number of nitrogens with one attached hydrogen (secondary N) is 1. The topological polar surface area (TPSA) is 92.7 Å². The molecular formula is C16H12ClNO5. The fourth-order valence-corrected chi connectivity index (χ4v) is 1.98. The molecule has 2 N–H and O–H groups in total. The highest BCUT2D eigenvalue weighted by Gasteiger charge is 2.16. The molecule has 118 valence electrons. The Morgan fingerprint density at radius 1 is 1.00 bits per heavy atom. The first-order valence-electron chi connectivity index (χ1n) is 6.45. The number of phenolic OH excluding ortho intramolecular Hbond substituents is 1. The number of carbonyl (C=O) groups excluding carboxylic acids is 3. The van der Waals surface area contributed by atoms with Gasteiger partial charge >= 0.3 is 5.97 Å². The first-order chi connectivity index (χ1) is 10.9. The number of rotatable bonds is 3. The van der Waals surface area contributed by atoms with Gasteiger partial charge in [0.25, 0.3) is 11.8 Å². The number of benzene rings is 2. The zero-order valence-corrected chi connectivity index (χ0v) is 12.8. The number of hydrogen-bond acceptors (Lipinski definition) is 5. The third-order valence-corrected chi connectivity index (χ3v) is 3.23. The van der Waals surface area contributed by atoms with Gasteiger partial charge in [-0.05, 0) is 42.5 Å². The maximum atomic E-state index is 12.0. The number of hydrogen-bond donors (Lipinski definition) is 2. The molecule has 0 aliphatic rings. The van der Waals surface area contributed by atoms with E-state index in [0.717, 1.165) is 0 Å². The van der Waals surface area contributed by atoms with Crippen molar-refractivity contribution in [3.8, 4) is 5.75 Å². The lowest BCUT2D eigenvalue weighted by atomic mass is 10.1. The summed E-state index contributed by atoms with van der Waals surface area (Å²) >= 11 is 5.76. The van der Waals surface area contributed by atoms with Crippen molar-refractivity contribution in [2.45, 2.75) is 0 Å². The molecule has 7 heteroatoms. The summed E-state index contributed by atoms with van der Waals surface area (Å²) in [5.74, 6) is -2.28. The molecule has 2 rings (SSSR count). The molecule has 0 saturated heterocycles. The van der Waals surface area contributed by atoms with Gasteiger partial charge in [-0.3, -0.25) is 14.9 Å². The predicted molar refractivity (Wildman–Crippen MR) is 82.7 cm³/mol. The van der Waals surface area contributed by atoms with Crippen LogP contribution in [-0.2, 0) is 4.74 Å². The van der Waals surface area contributed by atoms with Crippen molar-refractivity contribution < 1.29 is 24.2 Å². The van der Waals surface area contributed by atoms with E-state index in [0.29, 0.717) is 0 Å². The lowest BCUT2D eigenvalue weighted by Gasteiger charge is -2.07. The molecule has 6 nitrogen and oxygen atoms in total. The number of aromatic hydroxyl groups is 1. The van der Waals surface area contributed by atoms with E-state index >= 15 is 0 Å². The molecule has 0 radical (unpaired) electrons. The average molecular weight is 334 g/mol. The number of methoxy groups -OCH3 is 1. The molecular weight excluding hydrogens is 322 g/mol. The van der Waals surface area contributed by atoms with Gasteiger partial charge in [0, 0.05) is 10.6 Å². The summed E-state index contributed by atoms with van der Waals surface area (Å²) < 4.78 is 4.55. The Kier molecular flexibility index (Phi) is 4.98. The summed E-state index contributed by atoms with van der Waals surface area (Å²) in [7, 11) is 1.25. The van der Waals surface area contributed by atoms with Gasteiger partial charge in [0.05, 0.1) is 18.2 Å². The van der Waals surface area contributed by atoms with Gasteiger partial charge in [-0.1, -0.05) is 11.6 Å². The van der Waals surface area contributed by atoms with Gasteiger partial charge in [-0.25, -0.2) is 4.79 Å². The fourth-order valence-electron chi connectivity index (χ4n) is 1.81. The molecule has 0 fully saturated rings. The first kappa shape index (κ1) is 16.5. The van der Waals surface area contributed by atoms with E-state index in [2.05, 4.69) is 10.1 Å². The van der Waals surface area contributed by atoms with Crippen LogP contribution in [0.15, 0.2) is 42.5 Å². The van der Waals surface area contributed by atoms with Crippen LogP contribution in [-0.4, -0.2) is 30.0 Å². The Hall–Kier alpha value is -2.86. The van der Waals surface area contributed by atoms with Crippen molar-refractivity contribution in [2.75, 3.05) is 7.11 Å². The molecule has 2 amide bonds. The summed E-state index contributed by atoms with van der Waals surface area (Å²) in [6.45, 7) is 0. The largest absolute Gasteiger partial charge is 0.507 e. The van der Waals surface area contributed by atoms with Crippen molar-refractivity contribution in [2.24, 2.45) is 0 Å². The van der Waals surface area contributed by atoms with Crippen LogP contribution in [0.3, 0.4) is 0 Å². The van der Waals surface area contributed by atoms with Crippen LogP contribution in [0.25, 0.3) is 0 Å². The van der Waals surface area contributed by atoms with Crippen LogP contribution in [0.5, 0.6) is 5.75 Å². The van der Waals surface area contributed by atoms with Crippen molar-refractivity contribution in [3.63, 3.8) is 0 Å². The summed E-state index contributed by atoms with van der Waals surface area (Å²) in [4.78, 5) is 35.3. The van der Waals surface area contributed by atoms with Crippen molar-refractivity contribution in [1.82, 2.24) is 5.32 Å². The molecule has 0 aromatic heterocycles. The second-order valence-corrected chi connectivity index (χ2v) is 4.95. The first-order valence-corrected chi connectivity index (χ1v) is 6.82. The molecule has 0 saturated carbocycles. The van der Waals surface area contributed by atoms with Crippen LogP contribution in [0.2, 0.25) is 5.02 Å². The molecule has 0 atom stereocenters. The van der Waals surface area contributed by atoms with Crippen LogP contribution in [0, 0.1) is 0 Å². The Morgan fingerprint density at radius 3 is 2.22 bits per heavy atom. The highest BCUT2D eigenvalue weighted by atomic mass is 35.5. The van der Waals surface area contributed by atoms with Gasteiger partial charge in [0.15, 0.2) is 0 Å². The summed E-state index contributed by atoms with van der Waals surface area (Å²) in [6.07, 6.45) is 0. The smallest absolute Gasteiger partial charge is 0.337 e. The summed E-state index contributed by atoms with van der Waals surface area (Å²) in [6, 6.07) is 9.50. The van der Waals surface area contributed by atoms with Crippen LogP contribution >= 0.6 is 11.6 Å². The number of amides is 2. The highest BCUT2D eigenvalue weighted by molar-refractivity contribution is 6.31. The number of imide groups is 1. The standard InChI is InChI=1S/C16H12ClNO5/c1-23-16(22)10-4-2-9(3-5-10)14(20)18-15(21)12-8-11(17)6-7-13(12)19/h2-8,19H,1H3,(H,18,20,21). The van der Waals surface area contributed by atoms with Gasteiger partial charge in [0.2, 0.25) is 0 Å². The molecule has 23 heavy (non-hydrogen) atoms. The molecule has 0 unspecified atom stereocenters. The van der Waals surface area contributed by atoms with E-state index in [1.54, 1.807) is 0 Å². The second-order valence-electron chi connectivity index (χ2n) is 4.51. The van der Waals surface area contributed by atoms with Gasteiger partial charge in [-0.15, -0.1) is 0 Å². The average Bonchev–Trinajstić information content (AvgIpc) is 2.56. The minimum atomic E-state index is -0.785. The Balaban J connectivity index is 2.14. The lowest BCUT2D eigenvalue weighted by molar-refractivity contribution is 0.0600. The van der Waals surface area contributed by atoms with Crippen molar-refractivity contribution >= 4 is 29.4 Å². The number of esters is 1. The van der Waals surface area contributed by atoms with E-state index < -0.39 is 17.8 Å². The van der Waals surface area contributed by atoms with Gasteiger partial charge in [-0.2, -0.15) is 0 Å². The van der Waals surface area contributed by atoms with Crippen molar-refractivity contribution in [1.29, 1.82) is 0 Å². The van der Waals surface area contributed by atoms with E-state index in [1.807, 2.05) is 0 Å². The molecule has 0 heterocycles. The minimum absolute atomic E-state index is 0.114. The van der Waals surface area contributed by atoms with Crippen molar-refractivity contribution in [3.05, 3.63) is 64.2 Å². The van der Waals surface area contributed by atoms with E-state index in [9.17, 15) is 19.5 Å². The number of phenols is 1. The number of ether oxygens (including phenoxy) is 1. The zero-order chi connectivity index (χ0) is 17.0. The van der Waals surface area contributed by atoms with Gasteiger partial charge < -0.3 is 9.84 Å². The quantitative estimate of drug-likeness (QED) is 0.664. The lowest BCUT2D eigenvalue weighted by Crippen LogP contribution is -2.30. The Morgan fingerprint density at radius 2 is 1.61 bits per heavy atom. The normalized spacial score (nSPS) is 10.0. The highest BCUT2D eigenvalue weighted by Crippen LogP contribution is 2.21. The third kappa shape index (κ3) is 3.87. The number of halogens is 1. The molecule has 0 spiro atoms. The maximum absolute atomic E-state index is 12.0. The summed E-state index contributed by atoms with van der Waals surface area (Å²) in [5, 5.41) is 12.0. The minimum Gasteiger partial charge on any atom is -0.507 e. The van der Waals surface area contributed by atoms with E-state index in [4.69, 9.17) is 11.6 Å². The number of carbonyl (C=O) groups is 3. The Labute approximate surface area is 136 Å². The molecule has 0 aliphatic carbocycles. The van der Waals surface area contributed by atoms with E-state index in [-0.39, 0.29) is 27.5 Å². The molecule has 0 bridgehead atoms. The second kappa shape index (κ2) is 6.93. The Bertz CT molecular complexity index is 771. The summed E-state index contributed by atoms with van der Waals surface area (Å²) in [5.41, 5.74) is 0.340.